The van der Waals surface area contributed by atoms with Gasteiger partial charge in [0.2, 0.25) is 15.9 Å². The van der Waals surface area contributed by atoms with Crippen LogP contribution in [0, 0.1) is 5.92 Å². The topological polar surface area (TPSA) is 135 Å². The second-order valence-corrected chi connectivity index (χ2v) is 12.6. The lowest BCUT2D eigenvalue weighted by Crippen LogP contribution is -2.53. The standard InChI is InChI=1S/C28H32N6O5S/c1-19(2)14-23(31-27(36)21-5-7-22(8-6-21)32-13-11-30-18-32)28(37)33-12-9-24-26(33)25(35)16-34(24)40(38,39)17-20-4-3-10-29-15-20/h3-8,10-11,13,15,18-19,23-24,26H,9,12,14,16-17H2,1-2H3,(H,31,36). The van der Waals surface area contributed by atoms with E-state index >= 15 is 0 Å². The summed E-state index contributed by atoms with van der Waals surface area (Å²) < 4.78 is 29.5. The molecule has 1 aromatic carbocycles. The number of Topliss-reactive ketones (excluding diaryl/α,β-unsaturated/α-hetero) is 1. The molecule has 0 aliphatic carbocycles. The number of fused-ring (bicyclic) bond motifs is 1. The van der Waals surface area contributed by atoms with Gasteiger partial charge in [0.15, 0.2) is 5.78 Å². The van der Waals surface area contributed by atoms with E-state index in [1.807, 2.05) is 18.4 Å². The molecule has 2 aromatic heterocycles. The first-order valence-corrected chi connectivity index (χ1v) is 14.9. The Labute approximate surface area is 233 Å². The fourth-order valence-corrected chi connectivity index (χ4v) is 7.21. The molecule has 3 unspecified atom stereocenters. The molecule has 4 heterocycles. The maximum Gasteiger partial charge on any atom is 0.251 e. The van der Waals surface area contributed by atoms with E-state index in [9.17, 15) is 22.8 Å². The number of nitrogens with zero attached hydrogens (tertiary/aromatic N) is 5. The van der Waals surface area contributed by atoms with E-state index < -0.39 is 34.1 Å². The third kappa shape index (κ3) is 5.68. The number of amides is 2. The molecule has 210 valence electrons. The second-order valence-electron chi connectivity index (χ2n) is 10.6. The number of nitrogens with one attached hydrogen (secondary N) is 1. The van der Waals surface area contributed by atoms with Gasteiger partial charge in [-0.3, -0.25) is 19.4 Å². The zero-order valence-corrected chi connectivity index (χ0v) is 23.2. The number of benzene rings is 1. The van der Waals surface area contributed by atoms with Gasteiger partial charge in [-0.25, -0.2) is 13.4 Å². The monoisotopic (exact) mass is 564 g/mol. The molecule has 5 rings (SSSR count). The Kier molecular flexibility index (Phi) is 7.81. The van der Waals surface area contributed by atoms with Crippen LogP contribution in [0.3, 0.4) is 0 Å². The van der Waals surface area contributed by atoms with Crippen LogP contribution in [0.15, 0.2) is 67.5 Å². The van der Waals surface area contributed by atoms with Crippen LogP contribution < -0.4 is 5.32 Å². The number of aromatic nitrogens is 3. The molecule has 12 heteroatoms. The van der Waals surface area contributed by atoms with Crippen LogP contribution >= 0.6 is 0 Å². The van der Waals surface area contributed by atoms with E-state index in [1.54, 1.807) is 61.3 Å². The Hall–Kier alpha value is -3.90. The number of likely N-dealkylation sites (tertiary alicyclic amines) is 1. The number of pyridine rings is 1. The third-order valence-electron chi connectivity index (χ3n) is 7.33. The molecular formula is C28H32N6O5S. The van der Waals surface area contributed by atoms with E-state index in [0.29, 0.717) is 24.0 Å². The molecule has 2 amide bonds. The first kappa shape index (κ1) is 27.7. The largest absolute Gasteiger partial charge is 0.340 e. The highest BCUT2D eigenvalue weighted by Crippen LogP contribution is 2.33. The first-order chi connectivity index (χ1) is 19.1. The average molecular weight is 565 g/mol. The van der Waals surface area contributed by atoms with Gasteiger partial charge in [-0.05, 0) is 54.7 Å². The number of hydrogen-bond donors (Lipinski definition) is 1. The molecule has 0 saturated carbocycles. The Morgan fingerprint density at radius 1 is 1.10 bits per heavy atom. The average Bonchev–Trinajstić information content (AvgIpc) is 3.67. The van der Waals surface area contributed by atoms with Crippen molar-refractivity contribution in [2.24, 2.45) is 5.92 Å². The predicted molar refractivity (Wildman–Crippen MR) is 147 cm³/mol. The Morgan fingerprint density at radius 2 is 1.88 bits per heavy atom. The van der Waals surface area contributed by atoms with Gasteiger partial charge < -0.3 is 14.8 Å². The maximum absolute atomic E-state index is 13.8. The number of rotatable bonds is 9. The molecule has 1 N–H and O–H groups in total. The van der Waals surface area contributed by atoms with Crippen molar-refractivity contribution in [3.8, 4) is 5.69 Å². The van der Waals surface area contributed by atoms with E-state index in [4.69, 9.17) is 0 Å². The van der Waals surface area contributed by atoms with Crippen molar-refractivity contribution < 1.29 is 22.8 Å². The Balaban J connectivity index is 1.30. The Morgan fingerprint density at radius 3 is 2.52 bits per heavy atom. The number of carbonyl (C=O) groups excluding carboxylic acids is 3. The van der Waals surface area contributed by atoms with Crippen molar-refractivity contribution in [3.63, 3.8) is 0 Å². The fraction of sp³-hybridized carbons (Fsp3) is 0.393. The van der Waals surface area contributed by atoms with Crippen LogP contribution in [-0.4, -0.2) is 81.0 Å². The highest BCUT2D eigenvalue weighted by atomic mass is 32.2. The number of carbonyl (C=O) groups is 3. The van der Waals surface area contributed by atoms with Gasteiger partial charge in [-0.15, -0.1) is 0 Å². The summed E-state index contributed by atoms with van der Waals surface area (Å²) in [5, 5.41) is 2.86. The minimum atomic E-state index is -3.80. The lowest BCUT2D eigenvalue weighted by molar-refractivity contribution is -0.138. The quantitative estimate of drug-likeness (QED) is 0.419. The summed E-state index contributed by atoms with van der Waals surface area (Å²) in [5.41, 5.74) is 1.77. The molecule has 40 heavy (non-hydrogen) atoms. The highest BCUT2D eigenvalue weighted by molar-refractivity contribution is 7.88. The maximum atomic E-state index is 13.8. The van der Waals surface area contributed by atoms with Gasteiger partial charge in [-0.1, -0.05) is 19.9 Å². The van der Waals surface area contributed by atoms with Crippen molar-refractivity contribution in [2.75, 3.05) is 13.1 Å². The van der Waals surface area contributed by atoms with Crippen LogP contribution in [0.2, 0.25) is 0 Å². The third-order valence-corrected chi connectivity index (χ3v) is 9.14. The molecule has 0 radical (unpaired) electrons. The number of sulfonamides is 1. The molecule has 2 aliphatic rings. The van der Waals surface area contributed by atoms with Gasteiger partial charge in [0, 0.05) is 42.6 Å². The number of hydrogen-bond acceptors (Lipinski definition) is 7. The molecule has 2 aliphatic heterocycles. The molecule has 2 fully saturated rings. The van der Waals surface area contributed by atoms with Crippen molar-refractivity contribution >= 4 is 27.6 Å². The lowest BCUT2D eigenvalue weighted by atomic mass is 10.0. The van der Waals surface area contributed by atoms with Crippen molar-refractivity contribution in [3.05, 3.63) is 78.6 Å². The smallest absolute Gasteiger partial charge is 0.251 e. The summed E-state index contributed by atoms with van der Waals surface area (Å²) in [6.07, 6.45) is 8.90. The summed E-state index contributed by atoms with van der Waals surface area (Å²) in [4.78, 5) is 49.5. The van der Waals surface area contributed by atoms with Crippen LogP contribution in [0.4, 0.5) is 0 Å². The Bertz CT molecular complexity index is 1480. The normalized spacial score (nSPS) is 20.1. The van der Waals surface area contributed by atoms with Crippen molar-refractivity contribution in [1.82, 2.24) is 29.1 Å². The van der Waals surface area contributed by atoms with Crippen LogP contribution in [0.1, 0.15) is 42.6 Å². The van der Waals surface area contributed by atoms with Gasteiger partial charge in [0.1, 0.15) is 12.1 Å². The highest BCUT2D eigenvalue weighted by Gasteiger charge is 2.54. The van der Waals surface area contributed by atoms with E-state index in [0.717, 1.165) is 5.69 Å². The number of ketones is 1. The van der Waals surface area contributed by atoms with Gasteiger partial charge in [0.05, 0.1) is 24.7 Å². The summed E-state index contributed by atoms with van der Waals surface area (Å²) in [6, 6.07) is 7.94. The molecular weight excluding hydrogens is 532 g/mol. The molecule has 3 aromatic rings. The van der Waals surface area contributed by atoms with Gasteiger partial charge >= 0.3 is 0 Å². The molecule has 0 bridgehead atoms. The second kappa shape index (κ2) is 11.3. The predicted octanol–water partition coefficient (Wildman–Crippen LogP) is 1.80. The van der Waals surface area contributed by atoms with E-state index in [2.05, 4.69) is 15.3 Å². The zero-order chi connectivity index (χ0) is 28.4. The fourth-order valence-electron chi connectivity index (χ4n) is 5.49. The molecule has 2 saturated heterocycles. The SMILES string of the molecule is CC(C)CC(NC(=O)c1ccc(-n2ccnc2)cc1)C(=O)N1CCC2C1C(=O)CN2S(=O)(=O)Cc1cccnc1. The van der Waals surface area contributed by atoms with Crippen molar-refractivity contribution in [1.29, 1.82) is 0 Å². The minimum absolute atomic E-state index is 0.0897. The molecule has 3 atom stereocenters. The summed E-state index contributed by atoms with van der Waals surface area (Å²) >= 11 is 0. The van der Waals surface area contributed by atoms with E-state index in [1.165, 1.54) is 15.4 Å². The van der Waals surface area contributed by atoms with Crippen LogP contribution in [0.5, 0.6) is 0 Å². The lowest BCUT2D eigenvalue weighted by Gasteiger charge is -2.29. The van der Waals surface area contributed by atoms with E-state index in [-0.39, 0.29) is 36.5 Å². The number of imidazole rings is 1. The first-order valence-electron chi connectivity index (χ1n) is 13.2. The van der Waals surface area contributed by atoms with Crippen molar-refractivity contribution in [2.45, 2.75) is 50.6 Å². The zero-order valence-electron chi connectivity index (χ0n) is 22.4. The minimum Gasteiger partial charge on any atom is -0.340 e. The summed E-state index contributed by atoms with van der Waals surface area (Å²) in [5.74, 6) is -1.26. The summed E-state index contributed by atoms with van der Waals surface area (Å²) in [7, 11) is -3.80. The van der Waals surface area contributed by atoms with Gasteiger partial charge in [0.25, 0.3) is 5.91 Å². The van der Waals surface area contributed by atoms with Crippen LogP contribution in [-0.2, 0) is 25.4 Å². The molecule has 0 spiro atoms. The van der Waals surface area contributed by atoms with Gasteiger partial charge in [-0.2, -0.15) is 4.31 Å². The van der Waals surface area contributed by atoms with Crippen LogP contribution in [0.25, 0.3) is 5.69 Å². The summed E-state index contributed by atoms with van der Waals surface area (Å²) in [6.45, 7) is 3.87. The molecule has 11 nitrogen and oxygen atoms in total.